The molecule has 1 heterocycles. The van der Waals surface area contributed by atoms with Crippen LogP contribution >= 0.6 is 0 Å². The predicted octanol–water partition coefficient (Wildman–Crippen LogP) is 0.626. The van der Waals surface area contributed by atoms with E-state index in [0.717, 1.165) is 0 Å². The number of aromatic nitrogens is 2. The van der Waals surface area contributed by atoms with Crippen LogP contribution in [0.2, 0.25) is 0 Å². The molecular weight excluding hydrogens is 158 g/mol. The van der Waals surface area contributed by atoms with E-state index in [1.807, 2.05) is 6.92 Å². The molecule has 2 N–H and O–H groups in total. The van der Waals surface area contributed by atoms with Crippen molar-refractivity contribution in [2.24, 2.45) is 5.73 Å². The fraction of sp³-hybridized carbons (Fsp3) is 0.714. The summed E-state index contributed by atoms with van der Waals surface area (Å²) in [7, 11) is 0. The van der Waals surface area contributed by atoms with Crippen molar-refractivity contribution in [1.82, 2.24) is 10.2 Å². The van der Waals surface area contributed by atoms with Gasteiger partial charge in [0.25, 0.3) is 0 Å². The maximum atomic E-state index is 5.52. The summed E-state index contributed by atoms with van der Waals surface area (Å²) in [5, 5.41) is 7.50. The van der Waals surface area contributed by atoms with Crippen LogP contribution in [-0.4, -0.2) is 16.8 Å². The standard InChI is InChI=1S/C7H13N3O2/c1-3-11-4-6-9-10-7(12-6)5(2)8/h5H,3-4,8H2,1-2H3/t5-/m1/s1. The first-order chi connectivity index (χ1) is 5.74. The zero-order valence-electron chi connectivity index (χ0n) is 7.28. The minimum atomic E-state index is -0.215. The molecule has 0 fully saturated rings. The number of rotatable bonds is 4. The van der Waals surface area contributed by atoms with E-state index in [1.54, 1.807) is 6.92 Å². The summed E-state index contributed by atoms with van der Waals surface area (Å²) in [6, 6.07) is -0.215. The third-order valence-electron chi connectivity index (χ3n) is 1.30. The maximum absolute atomic E-state index is 5.52. The molecule has 0 aromatic carbocycles. The lowest BCUT2D eigenvalue weighted by molar-refractivity contribution is 0.113. The molecule has 68 valence electrons. The van der Waals surface area contributed by atoms with Gasteiger partial charge in [-0.1, -0.05) is 0 Å². The van der Waals surface area contributed by atoms with Gasteiger partial charge < -0.3 is 14.9 Å². The molecule has 0 saturated heterocycles. The third kappa shape index (κ3) is 2.28. The molecule has 0 amide bonds. The Bertz CT molecular complexity index is 234. The molecule has 0 saturated carbocycles. The first-order valence-electron chi connectivity index (χ1n) is 3.89. The normalized spacial score (nSPS) is 13.2. The smallest absolute Gasteiger partial charge is 0.242 e. The molecule has 1 aromatic heterocycles. The lowest BCUT2D eigenvalue weighted by Gasteiger charge is -1.95. The Morgan fingerprint density at radius 3 is 2.83 bits per heavy atom. The second-order valence-electron chi connectivity index (χ2n) is 2.46. The summed E-state index contributed by atoms with van der Waals surface area (Å²) >= 11 is 0. The van der Waals surface area contributed by atoms with Crippen LogP contribution in [0.5, 0.6) is 0 Å². The molecular formula is C7H13N3O2. The Balaban J connectivity index is 2.52. The third-order valence-corrected chi connectivity index (χ3v) is 1.30. The summed E-state index contributed by atoms with van der Waals surface area (Å²) < 4.78 is 10.3. The van der Waals surface area contributed by atoms with Gasteiger partial charge in [-0.15, -0.1) is 10.2 Å². The van der Waals surface area contributed by atoms with Gasteiger partial charge in [-0.2, -0.15) is 0 Å². The van der Waals surface area contributed by atoms with E-state index >= 15 is 0 Å². The lowest BCUT2D eigenvalue weighted by Crippen LogP contribution is -2.04. The van der Waals surface area contributed by atoms with E-state index in [1.165, 1.54) is 0 Å². The number of hydrogen-bond donors (Lipinski definition) is 1. The molecule has 1 atom stereocenters. The zero-order valence-corrected chi connectivity index (χ0v) is 7.28. The van der Waals surface area contributed by atoms with Gasteiger partial charge in [-0.05, 0) is 13.8 Å². The minimum Gasteiger partial charge on any atom is -0.421 e. The fourth-order valence-corrected chi connectivity index (χ4v) is 0.698. The highest BCUT2D eigenvalue weighted by Crippen LogP contribution is 2.07. The summed E-state index contributed by atoms with van der Waals surface area (Å²) in [5.41, 5.74) is 5.52. The molecule has 0 aliphatic carbocycles. The first-order valence-corrected chi connectivity index (χ1v) is 3.89. The van der Waals surface area contributed by atoms with E-state index in [2.05, 4.69) is 10.2 Å². The number of hydrogen-bond acceptors (Lipinski definition) is 5. The van der Waals surface area contributed by atoms with Gasteiger partial charge in [-0.25, -0.2) is 0 Å². The van der Waals surface area contributed by atoms with E-state index in [4.69, 9.17) is 14.9 Å². The maximum Gasteiger partial charge on any atom is 0.242 e. The molecule has 1 aromatic rings. The number of nitrogens with zero attached hydrogens (tertiary/aromatic N) is 2. The van der Waals surface area contributed by atoms with Crippen molar-refractivity contribution in [3.8, 4) is 0 Å². The van der Waals surface area contributed by atoms with Gasteiger partial charge in [0.1, 0.15) is 6.61 Å². The van der Waals surface area contributed by atoms with Crippen molar-refractivity contribution in [2.45, 2.75) is 26.5 Å². The SMILES string of the molecule is CCOCc1nnc([C@@H](C)N)o1. The Morgan fingerprint density at radius 1 is 1.58 bits per heavy atom. The van der Waals surface area contributed by atoms with Crippen molar-refractivity contribution < 1.29 is 9.15 Å². The molecule has 5 nitrogen and oxygen atoms in total. The average molecular weight is 171 g/mol. The van der Waals surface area contributed by atoms with Crippen molar-refractivity contribution in [1.29, 1.82) is 0 Å². The fourth-order valence-electron chi connectivity index (χ4n) is 0.698. The molecule has 0 aliphatic heterocycles. The largest absolute Gasteiger partial charge is 0.421 e. The molecule has 0 bridgehead atoms. The van der Waals surface area contributed by atoms with Gasteiger partial charge in [0.05, 0.1) is 6.04 Å². The Hall–Kier alpha value is -0.940. The van der Waals surface area contributed by atoms with Crippen molar-refractivity contribution in [2.75, 3.05) is 6.61 Å². The topological polar surface area (TPSA) is 74.2 Å². The van der Waals surface area contributed by atoms with Gasteiger partial charge >= 0.3 is 0 Å². The van der Waals surface area contributed by atoms with E-state index in [0.29, 0.717) is 25.0 Å². The highest BCUT2D eigenvalue weighted by molar-refractivity contribution is 4.85. The molecule has 0 aliphatic rings. The van der Waals surface area contributed by atoms with E-state index in [9.17, 15) is 0 Å². The molecule has 1 rings (SSSR count). The molecule has 5 heteroatoms. The van der Waals surface area contributed by atoms with Crippen molar-refractivity contribution in [3.05, 3.63) is 11.8 Å². The molecule has 12 heavy (non-hydrogen) atoms. The van der Waals surface area contributed by atoms with E-state index < -0.39 is 0 Å². The van der Waals surface area contributed by atoms with Crippen LogP contribution in [0.1, 0.15) is 31.7 Å². The van der Waals surface area contributed by atoms with Crippen LogP contribution in [0.25, 0.3) is 0 Å². The molecule has 0 spiro atoms. The summed E-state index contributed by atoms with van der Waals surface area (Å²) in [6.45, 7) is 4.69. The van der Waals surface area contributed by atoms with Crippen molar-refractivity contribution >= 4 is 0 Å². The second-order valence-corrected chi connectivity index (χ2v) is 2.46. The van der Waals surface area contributed by atoms with Gasteiger partial charge in [0.2, 0.25) is 11.8 Å². The van der Waals surface area contributed by atoms with Crippen molar-refractivity contribution in [3.63, 3.8) is 0 Å². The van der Waals surface area contributed by atoms with Crippen LogP contribution in [-0.2, 0) is 11.3 Å². The van der Waals surface area contributed by atoms with E-state index in [-0.39, 0.29) is 6.04 Å². The first kappa shape index (κ1) is 9.15. The highest BCUT2D eigenvalue weighted by Gasteiger charge is 2.08. The van der Waals surface area contributed by atoms with Crippen LogP contribution in [0, 0.1) is 0 Å². The Morgan fingerprint density at radius 2 is 2.33 bits per heavy atom. The minimum absolute atomic E-state index is 0.215. The quantitative estimate of drug-likeness (QED) is 0.719. The average Bonchev–Trinajstić information content (AvgIpc) is 2.48. The molecule has 0 radical (unpaired) electrons. The van der Waals surface area contributed by atoms with Crippen LogP contribution in [0.15, 0.2) is 4.42 Å². The van der Waals surface area contributed by atoms with Crippen LogP contribution in [0.3, 0.4) is 0 Å². The number of nitrogens with two attached hydrogens (primary N) is 1. The van der Waals surface area contributed by atoms with Gasteiger partial charge in [0, 0.05) is 6.61 Å². The van der Waals surface area contributed by atoms with Crippen LogP contribution in [0.4, 0.5) is 0 Å². The summed E-state index contributed by atoms with van der Waals surface area (Å²) in [6.07, 6.45) is 0. The highest BCUT2D eigenvalue weighted by atomic mass is 16.5. The zero-order chi connectivity index (χ0) is 8.97. The summed E-state index contributed by atoms with van der Waals surface area (Å²) in [5.74, 6) is 0.925. The lowest BCUT2D eigenvalue weighted by atomic mass is 10.4. The second kappa shape index (κ2) is 4.18. The monoisotopic (exact) mass is 171 g/mol. The van der Waals surface area contributed by atoms with Crippen LogP contribution < -0.4 is 5.73 Å². The number of ether oxygens (including phenoxy) is 1. The Labute approximate surface area is 70.9 Å². The van der Waals surface area contributed by atoms with Gasteiger partial charge in [-0.3, -0.25) is 0 Å². The van der Waals surface area contributed by atoms with Gasteiger partial charge in [0.15, 0.2) is 0 Å². The summed E-state index contributed by atoms with van der Waals surface area (Å²) in [4.78, 5) is 0. The Kier molecular flexibility index (Phi) is 3.19. The predicted molar refractivity (Wildman–Crippen MR) is 42.2 cm³/mol. The molecule has 0 unspecified atom stereocenters.